The SMILES string of the molecule is Cn1c2ccccc2c2cc(-c3ccc4sc5ccccc5c4c3)ccc21. The Morgan fingerprint density at radius 3 is 2.07 bits per heavy atom. The maximum absolute atomic E-state index is 2.35. The number of nitrogens with zero attached hydrogens (tertiary/aromatic N) is 1. The molecule has 0 atom stereocenters. The predicted octanol–water partition coefficient (Wildman–Crippen LogP) is 7.37. The summed E-state index contributed by atoms with van der Waals surface area (Å²) in [5.74, 6) is 0. The number of aromatic nitrogens is 1. The van der Waals surface area contributed by atoms with E-state index in [9.17, 15) is 0 Å². The minimum atomic E-state index is 1.27. The molecule has 6 aromatic rings. The first-order valence-corrected chi connectivity index (χ1v) is 10.00. The van der Waals surface area contributed by atoms with E-state index in [4.69, 9.17) is 0 Å². The summed E-state index contributed by atoms with van der Waals surface area (Å²) in [6, 6.07) is 31.0. The van der Waals surface area contributed by atoms with Gasteiger partial charge in [0.25, 0.3) is 0 Å². The number of fused-ring (bicyclic) bond motifs is 6. The van der Waals surface area contributed by atoms with Crippen molar-refractivity contribution in [3.05, 3.63) is 84.9 Å². The molecular formula is C25H17NS. The van der Waals surface area contributed by atoms with Gasteiger partial charge in [0.05, 0.1) is 0 Å². The molecule has 1 nitrogen and oxygen atoms in total. The van der Waals surface area contributed by atoms with E-state index in [0.717, 1.165) is 0 Å². The van der Waals surface area contributed by atoms with Gasteiger partial charge >= 0.3 is 0 Å². The molecule has 6 rings (SSSR count). The molecule has 2 heteroatoms. The standard InChI is InChI=1S/C25H17NS/c1-26-22-8-4-2-6-18(22)20-14-16(10-12-23(20)26)17-11-13-25-21(15-17)19-7-3-5-9-24(19)27-25/h2-15H,1H3. The molecule has 0 aliphatic heterocycles. The van der Waals surface area contributed by atoms with Gasteiger partial charge < -0.3 is 4.57 Å². The molecule has 27 heavy (non-hydrogen) atoms. The summed E-state index contributed by atoms with van der Waals surface area (Å²) in [4.78, 5) is 0. The van der Waals surface area contributed by atoms with Gasteiger partial charge in [0.15, 0.2) is 0 Å². The largest absolute Gasteiger partial charge is 0.344 e. The van der Waals surface area contributed by atoms with Crippen molar-refractivity contribution in [3.63, 3.8) is 0 Å². The molecule has 128 valence electrons. The molecule has 0 N–H and O–H groups in total. The van der Waals surface area contributed by atoms with Crippen LogP contribution in [0.1, 0.15) is 0 Å². The van der Waals surface area contributed by atoms with E-state index < -0.39 is 0 Å². The third-order valence-electron chi connectivity index (χ3n) is 5.62. The van der Waals surface area contributed by atoms with Crippen LogP contribution < -0.4 is 0 Å². The molecule has 0 amide bonds. The van der Waals surface area contributed by atoms with E-state index in [1.807, 2.05) is 11.3 Å². The van der Waals surface area contributed by atoms with Crippen LogP contribution in [-0.2, 0) is 7.05 Å². The summed E-state index contributed by atoms with van der Waals surface area (Å²) in [6.45, 7) is 0. The fourth-order valence-electron chi connectivity index (χ4n) is 4.25. The average molecular weight is 363 g/mol. The van der Waals surface area contributed by atoms with Crippen molar-refractivity contribution in [1.29, 1.82) is 0 Å². The van der Waals surface area contributed by atoms with E-state index in [2.05, 4.69) is 96.5 Å². The van der Waals surface area contributed by atoms with Gasteiger partial charge in [-0.3, -0.25) is 0 Å². The Hall–Kier alpha value is -3.10. The summed E-state index contributed by atoms with van der Waals surface area (Å²) in [6.07, 6.45) is 0. The number of para-hydroxylation sites is 1. The molecular weight excluding hydrogens is 346 g/mol. The second-order valence-corrected chi connectivity index (χ2v) is 8.20. The van der Waals surface area contributed by atoms with E-state index in [1.54, 1.807) is 0 Å². The van der Waals surface area contributed by atoms with Crippen LogP contribution in [0.25, 0.3) is 53.1 Å². The molecule has 0 unspecified atom stereocenters. The normalized spacial score (nSPS) is 11.9. The third kappa shape index (κ3) is 2.11. The predicted molar refractivity (Wildman–Crippen MR) is 119 cm³/mol. The zero-order chi connectivity index (χ0) is 18.0. The zero-order valence-electron chi connectivity index (χ0n) is 14.9. The van der Waals surface area contributed by atoms with Crippen molar-refractivity contribution >= 4 is 53.3 Å². The van der Waals surface area contributed by atoms with Crippen LogP contribution in [0.15, 0.2) is 84.9 Å². The number of hydrogen-bond donors (Lipinski definition) is 0. The van der Waals surface area contributed by atoms with Crippen LogP contribution in [0.5, 0.6) is 0 Å². The molecule has 0 bridgehead atoms. The number of rotatable bonds is 1. The van der Waals surface area contributed by atoms with Gasteiger partial charge in [-0.05, 0) is 47.5 Å². The second kappa shape index (κ2) is 5.45. The minimum Gasteiger partial charge on any atom is -0.344 e. The van der Waals surface area contributed by atoms with Gasteiger partial charge in [-0.25, -0.2) is 0 Å². The van der Waals surface area contributed by atoms with Crippen molar-refractivity contribution in [3.8, 4) is 11.1 Å². The molecule has 0 saturated carbocycles. The van der Waals surface area contributed by atoms with Crippen molar-refractivity contribution < 1.29 is 0 Å². The molecule has 4 aromatic carbocycles. The molecule has 0 spiro atoms. The highest BCUT2D eigenvalue weighted by Gasteiger charge is 2.10. The second-order valence-electron chi connectivity index (χ2n) is 7.12. The summed E-state index contributed by atoms with van der Waals surface area (Å²) in [5.41, 5.74) is 5.11. The maximum atomic E-state index is 2.35. The fourth-order valence-corrected chi connectivity index (χ4v) is 5.34. The third-order valence-corrected chi connectivity index (χ3v) is 6.78. The Bertz CT molecular complexity index is 1480. The summed E-state index contributed by atoms with van der Waals surface area (Å²) in [5, 5.41) is 5.34. The maximum Gasteiger partial charge on any atom is 0.0489 e. The molecule has 0 radical (unpaired) electrons. The van der Waals surface area contributed by atoms with Crippen LogP contribution in [0.4, 0.5) is 0 Å². The van der Waals surface area contributed by atoms with Crippen molar-refractivity contribution in [2.75, 3.05) is 0 Å². The van der Waals surface area contributed by atoms with E-state index in [-0.39, 0.29) is 0 Å². The van der Waals surface area contributed by atoms with Crippen molar-refractivity contribution in [2.24, 2.45) is 7.05 Å². The van der Waals surface area contributed by atoms with Crippen molar-refractivity contribution in [1.82, 2.24) is 4.57 Å². The van der Waals surface area contributed by atoms with Crippen LogP contribution in [0.3, 0.4) is 0 Å². The van der Waals surface area contributed by atoms with E-state index in [1.165, 1.54) is 53.1 Å². The van der Waals surface area contributed by atoms with E-state index in [0.29, 0.717) is 0 Å². The van der Waals surface area contributed by atoms with Gasteiger partial charge in [0, 0.05) is 49.0 Å². The molecule has 0 fully saturated rings. The van der Waals surface area contributed by atoms with Crippen molar-refractivity contribution in [2.45, 2.75) is 0 Å². The Morgan fingerprint density at radius 1 is 0.556 bits per heavy atom. The van der Waals surface area contributed by atoms with Gasteiger partial charge in [0.1, 0.15) is 0 Å². The summed E-state index contributed by atoms with van der Waals surface area (Å²) < 4.78 is 4.99. The first kappa shape index (κ1) is 15.0. The Morgan fingerprint density at radius 2 is 1.19 bits per heavy atom. The van der Waals surface area contributed by atoms with Crippen LogP contribution in [0, 0.1) is 0 Å². The molecule has 2 heterocycles. The molecule has 0 saturated heterocycles. The van der Waals surface area contributed by atoms with Gasteiger partial charge in [0.2, 0.25) is 0 Å². The summed E-state index contributed by atoms with van der Waals surface area (Å²) >= 11 is 1.87. The highest BCUT2D eigenvalue weighted by atomic mass is 32.1. The average Bonchev–Trinajstić information content (AvgIpc) is 3.23. The molecule has 2 aromatic heterocycles. The lowest BCUT2D eigenvalue weighted by Gasteiger charge is -2.04. The fraction of sp³-hybridized carbons (Fsp3) is 0.0400. The number of hydrogen-bond acceptors (Lipinski definition) is 1. The first-order chi connectivity index (χ1) is 13.3. The lowest BCUT2D eigenvalue weighted by molar-refractivity contribution is 1.01. The lowest BCUT2D eigenvalue weighted by atomic mass is 10.0. The number of thiophene rings is 1. The zero-order valence-corrected chi connectivity index (χ0v) is 15.8. The summed E-state index contributed by atoms with van der Waals surface area (Å²) in [7, 11) is 2.15. The van der Waals surface area contributed by atoms with Gasteiger partial charge in [-0.1, -0.05) is 48.5 Å². The molecule has 0 aliphatic rings. The Kier molecular flexibility index (Phi) is 3.03. The lowest BCUT2D eigenvalue weighted by Crippen LogP contribution is -1.86. The Balaban J connectivity index is 1.62. The van der Waals surface area contributed by atoms with E-state index >= 15 is 0 Å². The smallest absolute Gasteiger partial charge is 0.0489 e. The highest BCUT2D eigenvalue weighted by molar-refractivity contribution is 7.25. The van der Waals surface area contributed by atoms with Crippen LogP contribution >= 0.6 is 11.3 Å². The minimum absolute atomic E-state index is 1.27. The van der Waals surface area contributed by atoms with Crippen LogP contribution in [-0.4, -0.2) is 4.57 Å². The highest BCUT2D eigenvalue weighted by Crippen LogP contribution is 2.37. The van der Waals surface area contributed by atoms with Gasteiger partial charge in [-0.2, -0.15) is 0 Å². The topological polar surface area (TPSA) is 4.93 Å². The first-order valence-electron chi connectivity index (χ1n) is 9.18. The van der Waals surface area contributed by atoms with Gasteiger partial charge in [-0.15, -0.1) is 11.3 Å². The molecule has 0 aliphatic carbocycles. The number of benzene rings is 4. The Labute approximate surface area is 161 Å². The number of aryl methyl sites for hydroxylation is 1. The quantitative estimate of drug-likeness (QED) is 0.287. The van der Waals surface area contributed by atoms with Crippen LogP contribution in [0.2, 0.25) is 0 Å². The monoisotopic (exact) mass is 363 g/mol.